The number of likely N-dealkylation sites (N-methyl/N-ethyl adjacent to an activating group) is 1. The van der Waals surface area contributed by atoms with Crippen LogP contribution in [0.3, 0.4) is 0 Å². The monoisotopic (exact) mass is 473 g/mol. The normalized spacial score (nSPS) is 12.0. The van der Waals surface area contributed by atoms with Crippen LogP contribution >= 0.6 is 0 Å². The first-order chi connectivity index (χ1) is 17.1. The van der Waals surface area contributed by atoms with Crippen molar-refractivity contribution in [1.29, 1.82) is 0 Å². The van der Waals surface area contributed by atoms with Crippen molar-refractivity contribution in [3.8, 4) is 17.2 Å². The zero-order valence-electron chi connectivity index (χ0n) is 20.6. The van der Waals surface area contributed by atoms with Gasteiger partial charge in [0, 0.05) is 17.7 Å². The molecular formula is C29H31NO5. The number of methoxy groups -OCH3 is 2. The number of carbonyl (C=O) groups is 1. The van der Waals surface area contributed by atoms with E-state index in [2.05, 4.69) is 30.9 Å². The lowest BCUT2D eigenvalue weighted by molar-refractivity contribution is 0.103. The van der Waals surface area contributed by atoms with E-state index >= 15 is 0 Å². The maximum atomic E-state index is 13.3. The summed E-state index contributed by atoms with van der Waals surface area (Å²) in [6.07, 6.45) is 1.50. The van der Waals surface area contributed by atoms with Crippen molar-refractivity contribution < 1.29 is 23.4 Å². The summed E-state index contributed by atoms with van der Waals surface area (Å²) in [7, 11) is 3.26. The first kappa shape index (κ1) is 24.4. The highest BCUT2D eigenvalue weighted by molar-refractivity contribution is 6.17. The maximum absolute atomic E-state index is 13.3. The van der Waals surface area contributed by atoms with Gasteiger partial charge in [-0.05, 0) is 30.8 Å². The molecule has 35 heavy (non-hydrogen) atoms. The number of carbonyl (C=O) groups excluding carboxylic acids is 1. The third-order valence-electron chi connectivity index (χ3n) is 6.28. The molecule has 6 nitrogen and oxygen atoms in total. The van der Waals surface area contributed by atoms with Gasteiger partial charge in [0.1, 0.15) is 35.7 Å². The van der Waals surface area contributed by atoms with Crippen LogP contribution < -0.4 is 14.2 Å². The SMILES string of the molecule is CCN(CC)C(COc1cc(OC)cc2occ(C(=O)c3ccccc3)c12)c1ccc(OC)cc1. The van der Waals surface area contributed by atoms with Gasteiger partial charge in [0.2, 0.25) is 0 Å². The molecule has 4 aromatic rings. The molecule has 0 bridgehead atoms. The highest BCUT2D eigenvalue weighted by atomic mass is 16.5. The van der Waals surface area contributed by atoms with Crippen molar-refractivity contribution in [3.63, 3.8) is 0 Å². The molecule has 0 saturated heterocycles. The Morgan fingerprint density at radius 3 is 2.23 bits per heavy atom. The molecule has 1 atom stereocenters. The molecule has 0 saturated carbocycles. The predicted octanol–water partition coefficient (Wildman–Crippen LogP) is 6.14. The molecule has 0 fully saturated rings. The molecule has 0 radical (unpaired) electrons. The molecule has 0 aliphatic carbocycles. The number of furan rings is 1. The quantitative estimate of drug-likeness (QED) is 0.244. The van der Waals surface area contributed by atoms with E-state index in [1.54, 1.807) is 32.4 Å². The summed E-state index contributed by atoms with van der Waals surface area (Å²) in [5, 5.41) is 0.646. The van der Waals surface area contributed by atoms with Crippen LogP contribution in [0.25, 0.3) is 11.0 Å². The van der Waals surface area contributed by atoms with Crippen LogP contribution in [0.4, 0.5) is 0 Å². The Labute approximate surface area is 206 Å². The van der Waals surface area contributed by atoms with Crippen LogP contribution in [0, 0.1) is 0 Å². The lowest BCUT2D eigenvalue weighted by atomic mass is 10.0. The van der Waals surface area contributed by atoms with Crippen LogP contribution in [0.1, 0.15) is 41.4 Å². The third-order valence-corrected chi connectivity index (χ3v) is 6.28. The van der Waals surface area contributed by atoms with Crippen LogP contribution in [-0.4, -0.2) is 44.6 Å². The highest BCUT2D eigenvalue weighted by Gasteiger charge is 2.23. The van der Waals surface area contributed by atoms with Crippen LogP contribution in [0.5, 0.6) is 17.2 Å². The van der Waals surface area contributed by atoms with Gasteiger partial charge in [-0.3, -0.25) is 9.69 Å². The minimum absolute atomic E-state index is 0.0114. The van der Waals surface area contributed by atoms with Crippen molar-refractivity contribution in [2.45, 2.75) is 19.9 Å². The minimum atomic E-state index is -0.116. The smallest absolute Gasteiger partial charge is 0.197 e. The van der Waals surface area contributed by atoms with E-state index < -0.39 is 0 Å². The van der Waals surface area contributed by atoms with Gasteiger partial charge in [-0.1, -0.05) is 56.3 Å². The number of nitrogens with zero attached hydrogens (tertiary/aromatic N) is 1. The fourth-order valence-corrected chi connectivity index (χ4v) is 4.32. The molecule has 0 amide bonds. The number of ether oxygens (including phenoxy) is 3. The summed E-state index contributed by atoms with van der Waals surface area (Å²) >= 11 is 0. The van der Waals surface area contributed by atoms with E-state index in [-0.39, 0.29) is 11.8 Å². The van der Waals surface area contributed by atoms with Crippen LogP contribution in [0.15, 0.2) is 77.4 Å². The standard InChI is InChI=1S/C29H31NO5/c1-5-30(6-2)25(20-12-14-22(32-3)15-13-20)19-35-27-17-23(33-4)16-26-28(27)24(18-34-26)29(31)21-10-8-7-9-11-21/h7-18,25H,5-6,19H2,1-4H3. The van der Waals surface area contributed by atoms with E-state index in [1.165, 1.54) is 6.26 Å². The summed E-state index contributed by atoms with van der Waals surface area (Å²) in [6, 6.07) is 20.8. The average Bonchev–Trinajstić information content (AvgIpc) is 3.35. The maximum Gasteiger partial charge on any atom is 0.197 e. The summed E-state index contributed by atoms with van der Waals surface area (Å²) in [5.41, 5.74) is 2.73. The number of benzene rings is 3. The number of rotatable bonds is 11. The fraction of sp³-hybridized carbons (Fsp3) is 0.276. The molecule has 1 unspecified atom stereocenters. The van der Waals surface area contributed by atoms with Gasteiger partial charge in [-0.15, -0.1) is 0 Å². The van der Waals surface area contributed by atoms with Crippen molar-refractivity contribution in [2.75, 3.05) is 33.9 Å². The molecule has 1 aromatic heterocycles. The van der Waals surface area contributed by atoms with Crippen molar-refractivity contribution in [1.82, 2.24) is 4.90 Å². The van der Waals surface area contributed by atoms with Gasteiger partial charge >= 0.3 is 0 Å². The van der Waals surface area contributed by atoms with Gasteiger partial charge in [-0.2, -0.15) is 0 Å². The molecule has 3 aromatic carbocycles. The molecule has 4 rings (SSSR count). The van der Waals surface area contributed by atoms with E-state index in [1.807, 2.05) is 36.4 Å². The van der Waals surface area contributed by atoms with E-state index in [0.717, 1.165) is 24.4 Å². The topological polar surface area (TPSA) is 61.1 Å². The Morgan fingerprint density at radius 2 is 1.60 bits per heavy atom. The van der Waals surface area contributed by atoms with Gasteiger partial charge in [0.15, 0.2) is 5.78 Å². The minimum Gasteiger partial charge on any atom is -0.497 e. The number of hydrogen-bond donors (Lipinski definition) is 0. The first-order valence-corrected chi connectivity index (χ1v) is 11.8. The summed E-state index contributed by atoms with van der Waals surface area (Å²) in [6.45, 7) is 6.40. The van der Waals surface area contributed by atoms with Gasteiger partial charge < -0.3 is 18.6 Å². The Hall–Kier alpha value is -3.77. The second-order valence-corrected chi connectivity index (χ2v) is 8.16. The fourth-order valence-electron chi connectivity index (χ4n) is 4.32. The van der Waals surface area contributed by atoms with Crippen LogP contribution in [0.2, 0.25) is 0 Å². The number of fused-ring (bicyclic) bond motifs is 1. The molecule has 0 N–H and O–H groups in total. The molecular weight excluding hydrogens is 442 g/mol. The molecule has 1 heterocycles. The first-order valence-electron chi connectivity index (χ1n) is 11.8. The molecule has 6 heteroatoms. The molecule has 0 aliphatic rings. The molecule has 182 valence electrons. The second-order valence-electron chi connectivity index (χ2n) is 8.16. The predicted molar refractivity (Wildman–Crippen MR) is 137 cm³/mol. The average molecular weight is 474 g/mol. The third kappa shape index (κ3) is 5.17. The van der Waals surface area contributed by atoms with Gasteiger partial charge in [0.25, 0.3) is 0 Å². The van der Waals surface area contributed by atoms with E-state index in [0.29, 0.717) is 40.2 Å². The Morgan fingerprint density at radius 1 is 0.914 bits per heavy atom. The van der Waals surface area contributed by atoms with Crippen LogP contribution in [-0.2, 0) is 0 Å². The highest BCUT2D eigenvalue weighted by Crippen LogP contribution is 2.37. The van der Waals surface area contributed by atoms with Gasteiger partial charge in [-0.25, -0.2) is 0 Å². The van der Waals surface area contributed by atoms with Crippen molar-refractivity contribution in [2.24, 2.45) is 0 Å². The largest absolute Gasteiger partial charge is 0.497 e. The Bertz CT molecular complexity index is 1260. The zero-order valence-corrected chi connectivity index (χ0v) is 20.6. The second kappa shape index (κ2) is 11.1. The van der Waals surface area contributed by atoms with Crippen molar-refractivity contribution >= 4 is 16.8 Å². The zero-order chi connectivity index (χ0) is 24.8. The summed E-state index contributed by atoms with van der Waals surface area (Å²) in [5.74, 6) is 1.85. The Kier molecular flexibility index (Phi) is 7.73. The number of hydrogen-bond acceptors (Lipinski definition) is 6. The molecule has 0 spiro atoms. The van der Waals surface area contributed by atoms with Gasteiger partial charge in [0.05, 0.1) is 31.2 Å². The Balaban J connectivity index is 1.71. The summed E-state index contributed by atoms with van der Waals surface area (Å²) in [4.78, 5) is 15.6. The lowest BCUT2D eigenvalue weighted by Gasteiger charge is -2.30. The number of ketones is 1. The lowest BCUT2D eigenvalue weighted by Crippen LogP contribution is -2.32. The van der Waals surface area contributed by atoms with E-state index in [4.69, 9.17) is 18.6 Å². The molecule has 0 aliphatic heterocycles. The van der Waals surface area contributed by atoms with E-state index in [9.17, 15) is 4.79 Å². The summed E-state index contributed by atoms with van der Waals surface area (Å²) < 4.78 is 23.0. The van der Waals surface area contributed by atoms with Crippen molar-refractivity contribution in [3.05, 3.63) is 89.7 Å².